The lowest BCUT2D eigenvalue weighted by Gasteiger charge is -2.28. The van der Waals surface area contributed by atoms with Crippen LogP contribution in [-0.2, 0) is 6.42 Å². The van der Waals surface area contributed by atoms with Crippen molar-refractivity contribution in [1.29, 1.82) is 0 Å². The maximum absolute atomic E-state index is 6.06. The molecule has 3 heteroatoms. The highest BCUT2D eigenvalue weighted by atomic mass is 35.5. The topological polar surface area (TPSA) is 35.2 Å². The summed E-state index contributed by atoms with van der Waals surface area (Å²) >= 11 is 6.06. The van der Waals surface area contributed by atoms with Crippen LogP contribution in [0.15, 0.2) is 18.2 Å². The molecule has 1 aliphatic carbocycles. The third kappa shape index (κ3) is 2.75. The number of hydrogen-bond donors (Lipinski definition) is 1. The largest absolute Gasteiger partial charge is 0.496 e. The van der Waals surface area contributed by atoms with Gasteiger partial charge in [-0.2, -0.15) is 0 Å². The Morgan fingerprint density at radius 1 is 1.35 bits per heavy atom. The number of nitrogens with two attached hydrogens (primary N) is 1. The molecule has 0 aromatic heterocycles. The molecule has 1 aromatic carbocycles. The van der Waals surface area contributed by atoms with Crippen molar-refractivity contribution < 1.29 is 4.74 Å². The zero-order valence-corrected chi connectivity index (χ0v) is 11.1. The van der Waals surface area contributed by atoms with Crippen LogP contribution < -0.4 is 10.5 Å². The van der Waals surface area contributed by atoms with Gasteiger partial charge in [0.1, 0.15) is 5.75 Å². The summed E-state index contributed by atoms with van der Waals surface area (Å²) < 4.78 is 5.40. The van der Waals surface area contributed by atoms with Gasteiger partial charge >= 0.3 is 0 Å². The Balaban J connectivity index is 2.24. The van der Waals surface area contributed by atoms with E-state index < -0.39 is 0 Å². The summed E-state index contributed by atoms with van der Waals surface area (Å²) in [6.45, 7) is 0.753. The molecule has 2 nitrogen and oxygen atoms in total. The number of halogens is 1. The van der Waals surface area contributed by atoms with Gasteiger partial charge in [-0.3, -0.25) is 0 Å². The highest BCUT2D eigenvalue weighted by Gasteiger charge is 2.33. The molecule has 0 heterocycles. The highest BCUT2D eigenvalue weighted by molar-refractivity contribution is 6.30. The van der Waals surface area contributed by atoms with Crippen LogP contribution >= 0.6 is 11.6 Å². The molecule has 94 valence electrons. The lowest BCUT2D eigenvalue weighted by Crippen LogP contribution is -2.29. The fourth-order valence-corrected chi connectivity index (χ4v) is 3.06. The maximum atomic E-state index is 6.06. The third-order valence-corrected chi connectivity index (χ3v) is 4.14. The van der Waals surface area contributed by atoms with Crippen molar-refractivity contribution in [3.8, 4) is 5.75 Å². The van der Waals surface area contributed by atoms with Crippen molar-refractivity contribution in [3.05, 3.63) is 28.8 Å². The zero-order valence-electron chi connectivity index (χ0n) is 10.3. The van der Waals surface area contributed by atoms with E-state index in [9.17, 15) is 0 Å². The summed E-state index contributed by atoms with van der Waals surface area (Å²) in [5, 5.41) is 0.769. The van der Waals surface area contributed by atoms with E-state index >= 15 is 0 Å². The van der Waals surface area contributed by atoms with Crippen LogP contribution in [-0.4, -0.2) is 13.7 Å². The minimum Gasteiger partial charge on any atom is -0.496 e. The Hall–Kier alpha value is -0.730. The van der Waals surface area contributed by atoms with E-state index in [0.29, 0.717) is 0 Å². The second-order valence-electron chi connectivity index (χ2n) is 5.04. The van der Waals surface area contributed by atoms with Crippen molar-refractivity contribution in [1.82, 2.24) is 0 Å². The number of hydrogen-bond acceptors (Lipinski definition) is 2. The van der Waals surface area contributed by atoms with E-state index in [2.05, 4.69) is 0 Å². The Morgan fingerprint density at radius 3 is 2.65 bits per heavy atom. The summed E-state index contributed by atoms with van der Waals surface area (Å²) in [5.41, 5.74) is 7.42. The highest BCUT2D eigenvalue weighted by Crippen LogP contribution is 2.41. The van der Waals surface area contributed by atoms with Crippen LogP contribution in [0.4, 0.5) is 0 Å². The molecule has 0 radical (unpaired) electrons. The van der Waals surface area contributed by atoms with Crippen molar-refractivity contribution in [2.75, 3.05) is 13.7 Å². The minimum atomic E-state index is 0.262. The van der Waals surface area contributed by atoms with E-state index in [4.69, 9.17) is 22.1 Å². The Bertz CT molecular complexity index is 386. The molecule has 1 aliphatic rings. The molecular weight excluding hydrogens is 234 g/mol. The second-order valence-corrected chi connectivity index (χ2v) is 5.48. The molecule has 0 amide bonds. The lowest BCUT2D eigenvalue weighted by molar-refractivity contribution is 0.300. The summed E-state index contributed by atoms with van der Waals surface area (Å²) in [7, 11) is 1.70. The second kappa shape index (κ2) is 5.28. The number of ether oxygens (including phenoxy) is 1. The molecule has 17 heavy (non-hydrogen) atoms. The summed E-state index contributed by atoms with van der Waals surface area (Å²) in [4.78, 5) is 0. The molecule has 0 atom stereocenters. The number of benzene rings is 1. The Labute approximate surface area is 108 Å². The SMILES string of the molecule is COc1ccc(Cl)cc1CC1(CN)CCCC1. The van der Waals surface area contributed by atoms with E-state index in [1.54, 1.807) is 7.11 Å². The minimum absolute atomic E-state index is 0.262. The average Bonchev–Trinajstić information content (AvgIpc) is 2.79. The molecule has 0 bridgehead atoms. The van der Waals surface area contributed by atoms with Gasteiger partial charge in [0.15, 0.2) is 0 Å². The quantitative estimate of drug-likeness (QED) is 0.893. The van der Waals surface area contributed by atoms with Gasteiger partial charge in [0, 0.05) is 5.02 Å². The first-order chi connectivity index (χ1) is 8.19. The fraction of sp³-hybridized carbons (Fsp3) is 0.571. The molecule has 0 unspecified atom stereocenters. The molecule has 2 N–H and O–H groups in total. The van der Waals surface area contributed by atoms with E-state index in [0.717, 1.165) is 23.7 Å². The van der Waals surface area contributed by atoms with Gasteiger partial charge in [0.25, 0.3) is 0 Å². The molecule has 2 rings (SSSR count). The first kappa shape index (κ1) is 12.7. The van der Waals surface area contributed by atoms with E-state index in [-0.39, 0.29) is 5.41 Å². The van der Waals surface area contributed by atoms with Gasteiger partial charge in [0.05, 0.1) is 7.11 Å². The van der Waals surface area contributed by atoms with Gasteiger partial charge in [-0.15, -0.1) is 0 Å². The number of methoxy groups -OCH3 is 1. The summed E-state index contributed by atoms with van der Waals surface area (Å²) in [6.07, 6.45) is 6.01. The smallest absolute Gasteiger partial charge is 0.122 e. The molecular formula is C14H20ClNO. The van der Waals surface area contributed by atoms with Crippen LogP contribution in [0.25, 0.3) is 0 Å². The molecule has 0 spiro atoms. The molecule has 0 saturated heterocycles. The monoisotopic (exact) mass is 253 g/mol. The Morgan fingerprint density at radius 2 is 2.06 bits per heavy atom. The van der Waals surface area contributed by atoms with Crippen LogP contribution in [0, 0.1) is 5.41 Å². The van der Waals surface area contributed by atoms with Gasteiger partial charge < -0.3 is 10.5 Å². The summed E-state index contributed by atoms with van der Waals surface area (Å²) in [5.74, 6) is 0.925. The Kier molecular flexibility index (Phi) is 3.95. The zero-order chi connectivity index (χ0) is 12.3. The van der Waals surface area contributed by atoms with Gasteiger partial charge in [-0.25, -0.2) is 0 Å². The fourth-order valence-electron chi connectivity index (χ4n) is 2.87. The average molecular weight is 254 g/mol. The lowest BCUT2D eigenvalue weighted by atomic mass is 9.80. The normalized spacial score (nSPS) is 18.3. The first-order valence-corrected chi connectivity index (χ1v) is 6.59. The molecule has 1 aromatic rings. The van der Waals surface area contributed by atoms with E-state index in [1.165, 1.54) is 31.2 Å². The van der Waals surface area contributed by atoms with Gasteiger partial charge in [0.2, 0.25) is 0 Å². The van der Waals surface area contributed by atoms with Crippen LogP contribution in [0.2, 0.25) is 5.02 Å². The van der Waals surface area contributed by atoms with Crippen molar-refractivity contribution in [2.24, 2.45) is 11.1 Å². The van der Waals surface area contributed by atoms with Crippen molar-refractivity contribution >= 4 is 11.6 Å². The molecule has 1 saturated carbocycles. The third-order valence-electron chi connectivity index (χ3n) is 3.91. The van der Waals surface area contributed by atoms with E-state index in [1.807, 2.05) is 18.2 Å². The van der Waals surface area contributed by atoms with Gasteiger partial charge in [-0.05, 0) is 55.0 Å². The van der Waals surface area contributed by atoms with Crippen LogP contribution in [0.5, 0.6) is 5.75 Å². The number of rotatable bonds is 4. The standard InChI is InChI=1S/C14H20ClNO/c1-17-13-5-4-12(15)8-11(13)9-14(10-16)6-2-3-7-14/h4-5,8H,2-3,6-7,9-10,16H2,1H3. The molecule has 1 fully saturated rings. The predicted molar refractivity (Wildman–Crippen MR) is 71.7 cm³/mol. The maximum Gasteiger partial charge on any atom is 0.122 e. The summed E-state index contributed by atoms with van der Waals surface area (Å²) in [6, 6.07) is 5.82. The van der Waals surface area contributed by atoms with Crippen molar-refractivity contribution in [2.45, 2.75) is 32.1 Å². The predicted octanol–water partition coefficient (Wildman–Crippen LogP) is 3.41. The first-order valence-electron chi connectivity index (χ1n) is 6.22. The van der Waals surface area contributed by atoms with Crippen LogP contribution in [0.1, 0.15) is 31.2 Å². The van der Waals surface area contributed by atoms with Crippen molar-refractivity contribution in [3.63, 3.8) is 0 Å². The van der Waals surface area contributed by atoms with Crippen LogP contribution in [0.3, 0.4) is 0 Å². The molecule has 0 aliphatic heterocycles. The van der Waals surface area contributed by atoms with Gasteiger partial charge in [-0.1, -0.05) is 24.4 Å².